The minimum absolute atomic E-state index is 0.0331. The van der Waals surface area contributed by atoms with Crippen molar-refractivity contribution >= 4 is 39.1 Å². The fourth-order valence-corrected chi connectivity index (χ4v) is 3.54. The van der Waals surface area contributed by atoms with Gasteiger partial charge in [-0.2, -0.15) is 0 Å². The van der Waals surface area contributed by atoms with Gasteiger partial charge in [0.25, 0.3) is 5.91 Å². The average molecular weight is 362 g/mol. The molecule has 1 amide bonds. The highest BCUT2D eigenvalue weighted by molar-refractivity contribution is 7.17. The Morgan fingerprint density at radius 2 is 2.00 bits per heavy atom. The van der Waals surface area contributed by atoms with E-state index in [9.17, 15) is 4.79 Å². The van der Waals surface area contributed by atoms with Crippen LogP contribution in [0.3, 0.4) is 0 Å². The maximum Gasteiger partial charge on any atom is 0.268 e. The Hall–Kier alpha value is -1.82. The molecule has 0 atom stereocenters. The number of likely N-dealkylation sites (N-methyl/N-ethyl adjacent to an activating group) is 1. The predicted octanol–water partition coefficient (Wildman–Crippen LogP) is 3.70. The fraction of sp³-hybridized carbons (Fsp3) is 0.278. The highest BCUT2D eigenvalue weighted by atomic mass is 35.5. The normalized spacial score (nSPS) is 11.3. The first-order valence-electron chi connectivity index (χ1n) is 7.78. The van der Waals surface area contributed by atoms with E-state index in [0.717, 1.165) is 22.3 Å². The zero-order valence-corrected chi connectivity index (χ0v) is 15.3. The van der Waals surface area contributed by atoms with E-state index in [2.05, 4.69) is 21.3 Å². The van der Waals surface area contributed by atoms with Crippen LogP contribution >= 0.6 is 22.9 Å². The van der Waals surface area contributed by atoms with Crippen LogP contribution in [0.25, 0.3) is 10.2 Å². The third-order valence-corrected chi connectivity index (χ3v) is 4.96. The van der Waals surface area contributed by atoms with E-state index >= 15 is 0 Å². The van der Waals surface area contributed by atoms with Crippen molar-refractivity contribution in [2.24, 2.45) is 0 Å². The summed E-state index contributed by atoms with van der Waals surface area (Å²) in [6.07, 6.45) is 0. The molecule has 0 fully saturated rings. The van der Waals surface area contributed by atoms with Crippen LogP contribution in [0.2, 0.25) is 5.02 Å². The highest BCUT2D eigenvalue weighted by Crippen LogP contribution is 2.26. The van der Waals surface area contributed by atoms with E-state index in [1.165, 1.54) is 0 Å². The Bertz CT molecular complexity index is 836. The van der Waals surface area contributed by atoms with E-state index < -0.39 is 0 Å². The van der Waals surface area contributed by atoms with Crippen LogP contribution in [0.5, 0.6) is 0 Å². The maximum atomic E-state index is 12.6. The van der Waals surface area contributed by atoms with Crippen LogP contribution < -0.4 is 5.32 Å². The first-order chi connectivity index (χ1) is 11.5. The van der Waals surface area contributed by atoms with E-state index in [4.69, 9.17) is 11.6 Å². The second-order valence-electron chi connectivity index (χ2n) is 5.97. The molecule has 0 aliphatic rings. The molecule has 0 aliphatic heterocycles. The van der Waals surface area contributed by atoms with Gasteiger partial charge in [-0.25, -0.2) is 0 Å². The van der Waals surface area contributed by atoms with Crippen molar-refractivity contribution in [3.05, 3.63) is 58.1 Å². The molecule has 24 heavy (non-hydrogen) atoms. The maximum absolute atomic E-state index is 12.6. The van der Waals surface area contributed by atoms with Crippen molar-refractivity contribution in [2.75, 3.05) is 27.2 Å². The molecule has 0 bridgehead atoms. The molecule has 0 saturated heterocycles. The monoisotopic (exact) mass is 361 g/mol. The summed E-state index contributed by atoms with van der Waals surface area (Å²) in [4.78, 5) is 14.6. The number of halogens is 1. The zero-order chi connectivity index (χ0) is 17.1. The molecule has 126 valence electrons. The van der Waals surface area contributed by atoms with E-state index in [1.807, 2.05) is 49.3 Å². The number of hydrogen-bond acceptors (Lipinski definition) is 3. The van der Waals surface area contributed by atoms with Crippen molar-refractivity contribution in [1.82, 2.24) is 14.8 Å². The molecule has 1 N–H and O–H groups in total. The second-order valence-corrected chi connectivity index (χ2v) is 7.36. The molecular weight excluding hydrogens is 342 g/mol. The largest absolute Gasteiger partial charge is 0.349 e. The molecule has 0 saturated carbocycles. The van der Waals surface area contributed by atoms with Crippen LogP contribution in [0.4, 0.5) is 0 Å². The summed E-state index contributed by atoms with van der Waals surface area (Å²) >= 11 is 7.61. The molecule has 1 aromatic carbocycles. The Balaban J connectivity index is 1.86. The first kappa shape index (κ1) is 17.0. The molecule has 0 aliphatic carbocycles. The Labute approximate surface area is 150 Å². The number of nitrogens with zero attached hydrogens (tertiary/aromatic N) is 2. The predicted molar refractivity (Wildman–Crippen MR) is 101 cm³/mol. The Kier molecular flexibility index (Phi) is 5.23. The number of carbonyl (C=O) groups is 1. The van der Waals surface area contributed by atoms with Crippen LogP contribution in [-0.2, 0) is 6.54 Å². The zero-order valence-electron chi connectivity index (χ0n) is 13.8. The van der Waals surface area contributed by atoms with E-state index in [-0.39, 0.29) is 5.91 Å². The molecule has 2 aromatic heterocycles. The summed E-state index contributed by atoms with van der Waals surface area (Å²) in [5.41, 5.74) is 2.91. The summed E-state index contributed by atoms with van der Waals surface area (Å²) in [6, 6.07) is 11.8. The molecule has 4 nitrogen and oxygen atoms in total. The van der Waals surface area contributed by atoms with Crippen LogP contribution in [0, 0.1) is 0 Å². The number of aromatic nitrogens is 1. The lowest BCUT2D eigenvalue weighted by atomic mass is 10.2. The highest BCUT2D eigenvalue weighted by Gasteiger charge is 2.16. The van der Waals surface area contributed by atoms with E-state index in [0.29, 0.717) is 23.8 Å². The van der Waals surface area contributed by atoms with Crippen molar-refractivity contribution in [3.63, 3.8) is 0 Å². The first-order valence-corrected chi connectivity index (χ1v) is 9.04. The number of rotatable bonds is 6. The number of amides is 1. The van der Waals surface area contributed by atoms with Crippen LogP contribution in [-0.4, -0.2) is 42.6 Å². The molecule has 2 heterocycles. The minimum atomic E-state index is -0.0331. The van der Waals surface area contributed by atoms with Gasteiger partial charge in [0.1, 0.15) is 5.69 Å². The molecule has 0 spiro atoms. The minimum Gasteiger partial charge on any atom is -0.349 e. The summed E-state index contributed by atoms with van der Waals surface area (Å²) in [7, 11) is 3.98. The Morgan fingerprint density at radius 1 is 1.25 bits per heavy atom. The van der Waals surface area contributed by atoms with Crippen LogP contribution in [0.15, 0.2) is 41.8 Å². The number of fused-ring (bicyclic) bond motifs is 1. The summed E-state index contributed by atoms with van der Waals surface area (Å²) in [5, 5.41) is 5.77. The van der Waals surface area contributed by atoms with E-state index in [1.54, 1.807) is 11.3 Å². The number of carbonyl (C=O) groups excluding carboxylic acids is 1. The fourth-order valence-electron chi connectivity index (χ4n) is 2.59. The number of thiophene rings is 1. The van der Waals surface area contributed by atoms with Crippen molar-refractivity contribution in [1.29, 1.82) is 0 Å². The van der Waals surface area contributed by atoms with Gasteiger partial charge in [-0.3, -0.25) is 4.79 Å². The van der Waals surface area contributed by atoms with Gasteiger partial charge in [-0.15, -0.1) is 11.3 Å². The molecule has 0 unspecified atom stereocenters. The number of benzene rings is 1. The van der Waals surface area contributed by atoms with Crippen LogP contribution in [0.1, 0.15) is 16.1 Å². The Morgan fingerprint density at radius 3 is 2.71 bits per heavy atom. The van der Waals surface area contributed by atoms with Gasteiger partial charge < -0.3 is 14.8 Å². The van der Waals surface area contributed by atoms with Gasteiger partial charge in [-0.1, -0.05) is 23.7 Å². The molecular formula is C18H20ClN3OS. The quantitative estimate of drug-likeness (QED) is 0.727. The van der Waals surface area contributed by atoms with Gasteiger partial charge in [0.15, 0.2) is 0 Å². The number of hydrogen-bond donors (Lipinski definition) is 1. The molecule has 3 aromatic rings. The van der Waals surface area contributed by atoms with Crippen molar-refractivity contribution in [2.45, 2.75) is 6.54 Å². The van der Waals surface area contributed by atoms with Gasteiger partial charge in [0.2, 0.25) is 0 Å². The third-order valence-electron chi connectivity index (χ3n) is 3.85. The van der Waals surface area contributed by atoms with Gasteiger partial charge in [-0.05, 0) is 49.3 Å². The van der Waals surface area contributed by atoms with Gasteiger partial charge in [0.05, 0.1) is 10.2 Å². The SMILES string of the molecule is CN(C)CCNC(=O)c1cc2sccc2n1Cc1ccc(Cl)cc1. The lowest BCUT2D eigenvalue weighted by molar-refractivity contribution is 0.0942. The number of nitrogens with one attached hydrogen (secondary N) is 1. The summed E-state index contributed by atoms with van der Waals surface area (Å²) in [6.45, 7) is 2.09. The van der Waals surface area contributed by atoms with Crippen molar-refractivity contribution in [3.8, 4) is 0 Å². The molecule has 6 heteroatoms. The lowest BCUT2D eigenvalue weighted by Gasteiger charge is -2.13. The summed E-state index contributed by atoms with van der Waals surface area (Å²) in [5.74, 6) is -0.0331. The van der Waals surface area contributed by atoms with Gasteiger partial charge >= 0.3 is 0 Å². The standard InChI is InChI=1S/C18H20ClN3OS/c1-21(2)9-8-20-18(23)16-11-17-15(7-10-24-17)22(16)12-13-3-5-14(19)6-4-13/h3-7,10-11H,8-9,12H2,1-2H3,(H,20,23). The smallest absolute Gasteiger partial charge is 0.268 e. The van der Waals surface area contributed by atoms with Crippen molar-refractivity contribution < 1.29 is 4.79 Å². The lowest BCUT2D eigenvalue weighted by Crippen LogP contribution is -2.32. The second kappa shape index (κ2) is 7.38. The van der Waals surface area contributed by atoms with Gasteiger partial charge in [0, 0.05) is 24.7 Å². The molecule has 0 radical (unpaired) electrons. The average Bonchev–Trinajstić information content (AvgIpc) is 3.11. The molecule has 3 rings (SSSR count). The third kappa shape index (κ3) is 3.80. The summed E-state index contributed by atoms with van der Waals surface area (Å²) < 4.78 is 3.20. The topological polar surface area (TPSA) is 37.3 Å².